The second-order valence-electron chi connectivity index (χ2n) is 5.66. The maximum Gasteiger partial charge on any atom is 0.312 e. The number of halogens is 1. The van der Waals surface area contributed by atoms with Crippen LogP contribution in [0, 0.1) is 10.1 Å². The van der Waals surface area contributed by atoms with Gasteiger partial charge in [0.15, 0.2) is 0 Å². The molecule has 0 aliphatic rings. The van der Waals surface area contributed by atoms with Gasteiger partial charge in [0.05, 0.1) is 10.6 Å². The van der Waals surface area contributed by atoms with E-state index < -0.39 is 16.4 Å². The second-order valence-corrected chi connectivity index (χ2v) is 6.09. The zero-order valence-corrected chi connectivity index (χ0v) is 14.0. The lowest BCUT2D eigenvalue weighted by Gasteiger charge is -2.01. The summed E-state index contributed by atoms with van der Waals surface area (Å²) in [5, 5.41) is 23.1. The van der Waals surface area contributed by atoms with E-state index in [0.717, 1.165) is 22.4 Å². The number of fused-ring (bicyclic) bond motifs is 3. The van der Waals surface area contributed by atoms with E-state index in [1.807, 2.05) is 30.3 Å². The first kappa shape index (κ1) is 16.1. The second kappa shape index (κ2) is 6.16. The first-order chi connectivity index (χ1) is 12.5. The van der Waals surface area contributed by atoms with Crippen LogP contribution in [0.15, 0.2) is 64.0 Å². The molecule has 1 aromatic heterocycles. The van der Waals surface area contributed by atoms with Gasteiger partial charge in [-0.1, -0.05) is 29.8 Å². The van der Waals surface area contributed by atoms with Crippen LogP contribution in [-0.4, -0.2) is 16.2 Å². The van der Waals surface area contributed by atoms with Crippen molar-refractivity contribution >= 4 is 51.1 Å². The number of para-hydroxylation sites is 1. The van der Waals surface area contributed by atoms with Gasteiger partial charge in [-0.25, -0.2) is 0 Å². The third kappa shape index (κ3) is 2.76. The molecule has 128 valence electrons. The minimum Gasteiger partial charge on any atom is -0.502 e. The molecule has 26 heavy (non-hydrogen) atoms. The van der Waals surface area contributed by atoms with Crippen LogP contribution in [0.25, 0.3) is 21.9 Å². The number of hydrogen-bond acceptors (Lipinski definition) is 5. The van der Waals surface area contributed by atoms with Crippen LogP contribution in [-0.2, 0) is 0 Å². The summed E-state index contributed by atoms with van der Waals surface area (Å²) in [5.74, 6) is -0.479. The smallest absolute Gasteiger partial charge is 0.312 e. The van der Waals surface area contributed by atoms with Crippen molar-refractivity contribution in [3.63, 3.8) is 0 Å². The molecule has 7 heteroatoms. The molecule has 0 aliphatic heterocycles. The van der Waals surface area contributed by atoms with Crippen LogP contribution in [0.1, 0.15) is 5.56 Å². The van der Waals surface area contributed by atoms with Crippen LogP contribution in [0.5, 0.6) is 5.75 Å². The van der Waals surface area contributed by atoms with Crippen molar-refractivity contribution in [3.8, 4) is 5.75 Å². The fourth-order valence-electron chi connectivity index (χ4n) is 2.78. The molecule has 0 atom stereocenters. The Kier molecular flexibility index (Phi) is 3.82. The first-order valence-corrected chi connectivity index (χ1v) is 8.03. The Morgan fingerprint density at radius 3 is 2.65 bits per heavy atom. The Balaban J connectivity index is 1.75. The molecule has 4 aromatic rings. The largest absolute Gasteiger partial charge is 0.502 e. The predicted molar refractivity (Wildman–Crippen MR) is 101 cm³/mol. The molecule has 6 nitrogen and oxygen atoms in total. The summed E-state index contributed by atoms with van der Waals surface area (Å²) in [4.78, 5) is 14.5. The lowest BCUT2D eigenvalue weighted by Crippen LogP contribution is -1.92. The highest BCUT2D eigenvalue weighted by Crippen LogP contribution is 2.34. The maximum absolute atomic E-state index is 11.0. The molecule has 0 radical (unpaired) electrons. The molecular formula is C19H11ClN2O4. The number of nitro groups is 1. The van der Waals surface area contributed by atoms with Crippen LogP contribution in [0.4, 0.5) is 11.4 Å². The molecule has 0 amide bonds. The van der Waals surface area contributed by atoms with Gasteiger partial charge in [-0.15, -0.1) is 0 Å². The number of nitro benzene ring substituents is 1. The van der Waals surface area contributed by atoms with Crippen molar-refractivity contribution in [1.82, 2.24) is 0 Å². The number of aliphatic imine (C=N–C) groups is 1. The minimum atomic E-state index is -0.695. The maximum atomic E-state index is 11.0. The highest BCUT2D eigenvalue weighted by molar-refractivity contribution is 6.31. The molecule has 0 unspecified atom stereocenters. The van der Waals surface area contributed by atoms with Crippen LogP contribution < -0.4 is 0 Å². The number of phenolic OH excluding ortho intramolecular Hbond substituents is 1. The summed E-state index contributed by atoms with van der Waals surface area (Å²) < 4.78 is 5.80. The third-order valence-corrected chi connectivity index (χ3v) is 4.21. The van der Waals surface area contributed by atoms with Crippen molar-refractivity contribution in [2.24, 2.45) is 4.99 Å². The number of rotatable bonds is 3. The van der Waals surface area contributed by atoms with Gasteiger partial charge in [0.1, 0.15) is 11.2 Å². The van der Waals surface area contributed by atoms with Gasteiger partial charge in [0.2, 0.25) is 5.75 Å². The van der Waals surface area contributed by atoms with Gasteiger partial charge in [0.25, 0.3) is 0 Å². The molecule has 0 spiro atoms. The minimum absolute atomic E-state index is 0.142. The van der Waals surface area contributed by atoms with Gasteiger partial charge in [-0.05, 0) is 24.3 Å². The predicted octanol–water partition coefficient (Wildman–Crippen LogP) is 5.60. The Bertz CT molecular complexity index is 1200. The fourth-order valence-corrected chi connectivity index (χ4v) is 3.00. The standard InChI is InChI=1S/C19H11ClN2O4/c20-12-7-11(19(23)16(8-12)22(24)25)10-21-13-5-6-15-14-3-1-2-4-17(14)26-18(15)9-13/h1-10,23H. The van der Waals surface area contributed by atoms with Crippen molar-refractivity contribution in [2.75, 3.05) is 0 Å². The van der Waals surface area contributed by atoms with E-state index in [2.05, 4.69) is 4.99 Å². The SMILES string of the molecule is O=[N+]([O-])c1cc(Cl)cc(C=Nc2ccc3c(c2)oc2ccccc23)c1O. The molecule has 0 fully saturated rings. The van der Waals surface area contributed by atoms with Crippen molar-refractivity contribution in [2.45, 2.75) is 0 Å². The van der Waals surface area contributed by atoms with Crippen LogP contribution in [0.2, 0.25) is 5.02 Å². The Labute approximate surface area is 152 Å². The molecule has 0 aliphatic carbocycles. The van der Waals surface area contributed by atoms with Gasteiger partial charge in [0, 0.05) is 39.7 Å². The zero-order chi connectivity index (χ0) is 18.3. The number of hydrogen-bond donors (Lipinski definition) is 1. The molecule has 4 rings (SSSR count). The van der Waals surface area contributed by atoms with E-state index in [9.17, 15) is 15.2 Å². The zero-order valence-electron chi connectivity index (χ0n) is 13.2. The highest BCUT2D eigenvalue weighted by atomic mass is 35.5. The molecule has 1 heterocycles. The van der Waals surface area contributed by atoms with E-state index >= 15 is 0 Å². The average molecular weight is 367 g/mol. The summed E-state index contributed by atoms with van der Waals surface area (Å²) >= 11 is 5.88. The van der Waals surface area contributed by atoms with E-state index in [1.165, 1.54) is 12.3 Å². The molecule has 0 saturated heterocycles. The van der Waals surface area contributed by atoms with Gasteiger partial charge in [-0.2, -0.15) is 0 Å². The number of phenols is 1. The Morgan fingerprint density at radius 1 is 1.08 bits per heavy atom. The Hall–Kier alpha value is -3.38. The molecule has 0 bridgehead atoms. The topological polar surface area (TPSA) is 88.9 Å². The van der Waals surface area contributed by atoms with E-state index in [0.29, 0.717) is 11.3 Å². The van der Waals surface area contributed by atoms with Gasteiger partial charge in [-0.3, -0.25) is 15.1 Å². The number of furan rings is 1. The van der Waals surface area contributed by atoms with Gasteiger partial charge < -0.3 is 9.52 Å². The molecule has 1 N–H and O–H groups in total. The van der Waals surface area contributed by atoms with Crippen LogP contribution in [0.3, 0.4) is 0 Å². The monoisotopic (exact) mass is 366 g/mol. The average Bonchev–Trinajstić information content (AvgIpc) is 2.99. The number of aromatic hydroxyl groups is 1. The van der Waals surface area contributed by atoms with Crippen molar-refractivity contribution < 1.29 is 14.4 Å². The lowest BCUT2D eigenvalue weighted by molar-refractivity contribution is -0.385. The normalized spacial score (nSPS) is 11.6. The van der Waals surface area contributed by atoms with E-state index in [4.69, 9.17) is 16.0 Å². The lowest BCUT2D eigenvalue weighted by atomic mass is 10.1. The first-order valence-electron chi connectivity index (χ1n) is 7.65. The highest BCUT2D eigenvalue weighted by Gasteiger charge is 2.17. The molecule has 3 aromatic carbocycles. The quantitative estimate of drug-likeness (QED) is 0.290. The number of benzene rings is 3. The summed E-state index contributed by atoms with van der Waals surface area (Å²) in [6, 6.07) is 15.7. The third-order valence-electron chi connectivity index (χ3n) is 4.00. The van der Waals surface area contributed by atoms with E-state index in [1.54, 1.807) is 12.1 Å². The fraction of sp³-hybridized carbons (Fsp3) is 0. The summed E-state index contributed by atoms with van der Waals surface area (Å²) in [5.41, 5.74) is 1.74. The Morgan fingerprint density at radius 2 is 1.85 bits per heavy atom. The molecule has 0 saturated carbocycles. The number of nitrogens with zero attached hydrogens (tertiary/aromatic N) is 2. The molecular weight excluding hydrogens is 356 g/mol. The summed E-state index contributed by atoms with van der Waals surface area (Å²) in [6.07, 6.45) is 1.33. The summed E-state index contributed by atoms with van der Waals surface area (Å²) in [6.45, 7) is 0. The van der Waals surface area contributed by atoms with E-state index in [-0.39, 0.29) is 10.6 Å². The van der Waals surface area contributed by atoms with Crippen molar-refractivity contribution in [1.29, 1.82) is 0 Å². The summed E-state index contributed by atoms with van der Waals surface area (Å²) in [7, 11) is 0. The van der Waals surface area contributed by atoms with Crippen LogP contribution >= 0.6 is 11.6 Å². The van der Waals surface area contributed by atoms with Gasteiger partial charge >= 0.3 is 5.69 Å². The van der Waals surface area contributed by atoms with Crippen molar-refractivity contribution in [3.05, 3.63) is 75.3 Å².